The fraction of sp³-hybridized carbons (Fsp3) is 0.438. The van der Waals surface area contributed by atoms with Crippen molar-refractivity contribution < 1.29 is 0 Å². The van der Waals surface area contributed by atoms with Crippen molar-refractivity contribution in [3.63, 3.8) is 0 Å². The van der Waals surface area contributed by atoms with Crippen LogP contribution in [0, 0.1) is 6.92 Å². The van der Waals surface area contributed by atoms with Gasteiger partial charge in [-0.3, -0.25) is 0 Å². The molecule has 0 saturated carbocycles. The number of nitrogens with one attached hydrogen (secondary N) is 1. The van der Waals surface area contributed by atoms with Crippen LogP contribution in [0.25, 0.3) is 5.69 Å². The van der Waals surface area contributed by atoms with Gasteiger partial charge in [0.25, 0.3) is 0 Å². The van der Waals surface area contributed by atoms with Crippen LogP contribution in [0.4, 0.5) is 0 Å². The lowest BCUT2D eigenvalue weighted by Crippen LogP contribution is -2.35. The van der Waals surface area contributed by atoms with Crippen molar-refractivity contribution in [2.75, 3.05) is 0 Å². The van der Waals surface area contributed by atoms with Crippen molar-refractivity contribution in [3.8, 4) is 5.69 Å². The van der Waals surface area contributed by atoms with E-state index in [-0.39, 0.29) is 0 Å². The summed E-state index contributed by atoms with van der Waals surface area (Å²) in [5, 5.41) is 3.69. The Morgan fingerprint density at radius 1 is 1.35 bits per heavy atom. The van der Waals surface area contributed by atoms with E-state index in [4.69, 9.17) is 0 Å². The molecular weight excluding hydrogens is 314 g/mol. The first-order valence-corrected chi connectivity index (χ1v) is 7.99. The van der Waals surface area contributed by atoms with E-state index in [1.807, 2.05) is 12.5 Å². The fourth-order valence-electron chi connectivity index (χ4n) is 2.98. The van der Waals surface area contributed by atoms with Crippen molar-refractivity contribution in [1.82, 2.24) is 14.9 Å². The van der Waals surface area contributed by atoms with Gasteiger partial charge in [-0.25, -0.2) is 4.98 Å². The summed E-state index contributed by atoms with van der Waals surface area (Å²) < 4.78 is 3.32. The van der Waals surface area contributed by atoms with Crippen LogP contribution in [0.15, 0.2) is 35.2 Å². The number of piperidine rings is 1. The second kappa shape index (κ2) is 5.70. The van der Waals surface area contributed by atoms with Crippen molar-refractivity contribution in [3.05, 3.63) is 46.5 Å². The summed E-state index contributed by atoms with van der Waals surface area (Å²) in [6, 6.07) is 7.36. The first-order chi connectivity index (χ1) is 9.65. The fourth-order valence-corrected chi connectivity index (χ4v) is 3.33. The number of aryl methyl sites for hydroxylation is 1. The molecule has 2 unspecified atom stereocenters. The Labute approximate surface area is 128 Å². The first-order valence-electron chi connectivity index (χ1n) is 7.20. The lowest BCUT2D eigenvalue weighted by Gasteiger charge is -2.29. The molecule has 1 aliphatic rings. The molecule has 3 rings (SSSR count). The number of nitrogens with zero attached hydrogens (tertiary/aromatic N) is 2. The Morgan fingerprint density at radius 3 is 3.00 bits per heavy atom. The van der Waals surface area contributed by atoms with Crippen LogP contribution in [0.5, 0.6) is 0 Å². The Kier molecular flexibility index (Phi) is 3.94. The van der Waals surface area contributed by atoms with Crippen molar-refractivity contribution in [1.29, 1.82) is 0 Å². The molecule has 0 bridgehead atoms. The molecule has 0 spiro atoms. The van der Waals surface area contributed by atoms with Crippen molar-refractivity contribution in [2.24, 2.45) is 0 Å². The van der Waals surface area contributed by atoms with Gasteiger partial charge in [0.05, 0.1) is 23.9 Å². The van der Waals surface area contributed by atoms with Crippen LogP contribution in [-0.4, -0.2) is 15.6 Å². The van der Waals surface area contributed by atoms with E-state index >= 15 is 0 Å². The standard InChI is InChI=1S/C16H20BrN3/c1-11-6-7-13(17)8-15(11)20-10-18-9-16(20)14-5-3-4-12(2)19-14/h6-10,12,14,19H,3-5H2,1-2H3. The van der Waals surface area contributed by atoms with E-state index < -0.39 is 0 Å². The molecule has 106 valence electrons. The van der Waals surface area contributed by atoms with Crippen LogP contribution >= 0.6 is 15.9 Å². The van der Waals surface area contributed by atoms with E-state index in [1.165, 1.54) is 36.2 Å². The third-order valence-electron chi connectivity index (χ3n) is 4.07. The summed E-state index contributed by atoms with van der Waals surface area (Å²) in [5.41, 5.74) is 3.72. The minimum absolute atomic E-state index is 0.402. The zero-order chi connectivity index (χ0) is 14.1. The third-order valence-corrected chi connectivity index (χ3v) is 4.56. The number of imidazole rings is 1. The van der Waals surface area contributed by atoms with Crippen molar-refractivity contribution >= 4 is 15.9 Å². The first kappa shape index (κ1) is 13.8. The third kappa shape index (κ3) is 2.67. The molecule has 1 saturated heterocycles. The summed E-state index contributed by atoms with van der Waals surface area (Å²) in [7, 11) is 0. The predicted octanol–water partition coefficient (Wildman–Crippen LogP) is 4.15. The molecule has 2 heterocycles. The summed E-state index contributed by atoms with van der Waals surface area (Å²) in [5.74, 6) is 0. The number of benzene rings is 1. The van der Waals surface area contributed by atoms with Gasteiger partial charge >= 0.3 is 0 Å². The normalized spacial score (nSPS) is 22.9. The van der Waals surface area contributed by atoms with E-state index in [0.29, 0.717) is 12.1 Å². The average Bonchev–Trinajstić information content (AvgIpc) is 2.90. The van der Waals surface area contributed by atoms with Gasteiger partial charge in [-0.1, -0.05) is 22.0 Å². The number of rotatable bonds is 2. The van der Waals surface area contributed by atoms with Gasteiger partial charge in [0.1, 0.15) is 0 Å². The molecule has 1 aromatic carbocycles. The largest absolute Gasteiger partial charge is 0.306 e. The zero-order valence-electron chi connectivity index (χ0n) is 11.9. The quantitative estimate of drug-likeness (QED) is 0.894. The van der Waals surface area contributed by atoms with Gasteiger partial charge in [0.15, 0.2) is 0 Å². The molecule has 3 nitrogen and oxygen atoms in total. The molecule has 4 heteroatoms. The van der Waals surface area contributed by atoms with E-state index in [1.54, 1.807) is 0 Å². The highest BCUT2D eigenvalue weighted by atomic mass is 79.9. The van der Waals surface area contributed by atoms with Gasteiger partial charge in [-0.15, -0.1) is 0 Å². The second-order valence-corrected chi connectivity index (χ2v) is 6.59. The minimum Gasteiger partial charge on any atom is -0.306 e. The molecule has 0 radical (unpaired) electrons. The summed E-state index contributed by atoms with van der Waals surface area (Å²) in [4.78, 5) is 4.38. The van der Waals surface area contributed by atoms with Crippen LogP contribution in [-0.2, 0) is 0 Å². The molecule has 0 amide bonds. The smallest absolute Gasteiger partial charge is 0.0994 e. The lowest BCUT2D eigenvalue weighted by atomic mass is 9.97. The maximum absolute atomic E-state index is 4.38. The molecule has 1 fully saturated rings. The number of hydrogen-bond acceptors (Lipinski definition) is 2. The van der Waals surface area contributed by atoms with Crippen LogP contribution in [0.1, 0.15) is 43.5 Å². The minimum atomic E-state index is 0.402. The lowest BCUT2D eigenvalue weighted by molar-refractivity contribution is 0.334. The predicted molar refractivity (Wildman–Crippen MR) is 85.2 cm³/mol. The average molecular weight is 334 g/mol. The molecule has 0 aliphatic carbocycles. The maximum Gasteiger partial charge on any atom is 0.0994 e. The SMILES string of the molecule is Cc1ccc(Br)cc1-n1cncc1C1CCCC(C)N1. The Balaban J connectivity index is 1.99. The Morgan fingerprint density at radius 2 is 2.20 bits per heavy atom. The zero-order valence-corrected chi connectivity index (χ0v) is 13.5. The van der Waals surface area contributed by atoms with E-state index in [0.717, 1.165) is 4.47 Å². The molecule has 1 aromatic heterocycles. The van der Waals surface area contributed by atoms with Gasteiger partial charge in [0.2, 0.25) is 0 Å². The molecule has 1 aliphatic heterocycles. The summed E-state index contributed by atoms with van der Waals surface area (Å²) in [6.07, 6.45) is 7.65. The number of hydrogen-bond donors (Lipinski definition) is 1. The van der Waals surface area contributed by atoms with Gasteiger partial charge in [0, 0.05) is 16.6 Å². The molecule has 2 atom stereocenters. The van der Waals surface area contributed by atoms with Gasteiger partial charge < -0.3 is 9.88 Å². The molecule has 20 heavy (non-hydrogen) atoms. The van der Waals surface area contributed by atoms with Gasteiger partial charge in [-0.2, -0.15) is 0 Å². The van der Waals surface area contributed by atoms with Crippen LogP contribution < -0.4 is 5.32 Å². The number of halogens is 1. The molecule has 1 N–H and O–H groups in total. The van der Waals surface area contributed by atoms with Crippen molar-refractivity contribution in [2.45, 2.75) is 45.2 Å². The van der Waals surface area contributed by atoms with Gasteiger partial charge in [-0.05, 0) is 50.8 Å². The topological polar surface area (TPSA) is 29.9 Å². The Hall–Kier alpha value is -1.13. The summed E-state index contributed by atoms with van der Waals surface area (Å²) in [6.45, 7) is 4.40. The molecular formula is C16H20BrN3. The Bertz CT molecular complexity index is 606. The van der Waals surface area contributed by atoms with Crippen LogP contribution in [0.3, 0.4) is 0 Å². The number of aromatic nitrogens is 2. The highest BCUT2D eigenvalue weighted by molar-refractivity contribution is 9.10. The van der Waals surface area contributed by atoms with E-state index in [2.05, 4.69) is 62.8 Å². The second-order valence-electron chi connectivity index (χ2n) is 5.67. The molecule has 2 aromatic rings. The van der Waals surface area contributed by atoms with E-state index in [9.17, 15) is 0 Å². The highest BCUT2D eigenvalue weighted by Crippen LogP contribution is 2.29. The maximum atomic E-state index is 4.38. The van der Waals surface area contributed by atoms with Crippen LogP contribution in [0.2, 0.25) is 0 Å². The summed E-state index contributed by atoms with van der Waals surface area (Å²) >= 11 is 3.56. The highest BCUT2D eigenvalue weighted by Gasteiger charge is 2.22. The monoisotopic (exact) mass is 333 g/mol.